The zero-order chi connectivity index (χ0) is 14.4. The SMILES string of the molecule is C[C@H](N)C(=O)N(CCN(C)C)Cc1cccc(Cl)c1. The van der Waals surface area contributed by atoms with Gasteiger partial charge in [-0.1, -0.05) is 23.7 Å². The summed E-state index contributed by atoms with van der Waals surface area (Å²) in [5.41, 5.74) is 6.71. The van der Waals surface area contributed by atoms with Crippen LogP contribution in [-0.4, -0.2) is 48.9 Å². The molecule has 0 saturated carbocycles. The Labute approximate surface area is 120 Å². The van der Waals surface area contributed by atoms with E-state index in [9.17, 15) is 4.79 Å². The molecule has 0 bridgehead atoms. The number of nitrogens with zero attached hydrogens (tertiary/aromatic N) is 2. The molecule has 0 spiro atoms. The van der Waals surface area contributed by atoms with Gasteiger partial charge in [0.2, 0.25) is 5.91 Å². The maximum Gasteiger partial charge on any atom is 0.239 e. The molecule has 4 nitrogen and oxygen atoms in total. The predicted molar refractivity (Wildman–Crippen MR) is 79.1 cm³/mol. The minimum absolute atomic E-state index is 0.0400. The van der Waals surface area contributed by atoms with Gasteiger partial charge in [-0.2, -0.15) is 0 Å². The molecule has 19 heavy (non-hydrogen) atoms. The molecule has 0 aliphatic rings. The summed E-state index contributed by atoms with van der Waals surface area (Å²) in [5.74, 6) is -0.0400. The van der Waals surface area contributed by atoms with Crippen LogP contribution in [0.1, 0.15) is 12.5 Å². The lowest BCUT2D eigenvalue weighted by atomic mass is 10.2. The molecule has 0 radical (unpaired) electrons. The average molecular weight is 284 g/mol. The standard InChI is InChI=1S/C14H22ClN3O/c1-11(16)14(19)18(8-7-17(2)3)10-12-5-4-6-13(15)9-12/h4-6,9,11H,7-8,10,16H2,1-3H3/t11-/m0/s1. The first kappa shape index (κ1) is 16.0. The molecule has 0 heterocycles. The number of carbonyl (C=O) groups excluding carboxylic acids is 1. The molecule has 0 aromatic heterocycles. The summed E-state index contributed by atoms with van der Waals surface area (Å²) < 4.78 is 0. The fourth-order valence-corrected chi connectivity index (χ4v) is 1.94. The van der Waals surface area contributed by atoms with E-state index in [-0.39, 0.29) is 5.91 Å². The lowest BCUT2D eigenvalue weighted by Crippen LogP contribution is -2.44. The van der Waals surface area contributed by atoms with Gasteiger partial charge in [0.05, 0.1) is 6.04 Å². The lowest BCUT2D eigenvalue weighted by Gasteiger charge is -2.26. The summed E-state index contributed by atoms with van der Waals surface area (Å²) in [6, 6.07) is 7.06. The van der Waals surface area contributed by atoms with Crippen LogP contribution >= 0.6 is 11.6 Å². The van der Waals surface area contributed by atoms with Crippen molar-refractivity contribution >= 4 is 17.5 Å². The Hall–Kier alpha value is -1.10. The third-order valence-corrected chi connectivity index (χ3v) is 3.02. The van der Waals surface area contributed by atoms with Crippen molar-refractivity contribution in [3.05, 3.63) is 34.9 Å². The summed E-state index contributed by atoms with van der Waals surface area (Å²) in [5, 5.41) is 0.679. The van der Waals surface area contributed by atoms with Gasteiger partial charge in [0.1, 0.15) is 0 Å². The van der Waals surface area contributed by atoms with Gasteiger partial charge in [0.25, 0.3) is 0 Å². The average Bonchev–Trinajstić information content (AvgIpc) is 2.33. The first-order valence-electron chi connectivity index (χ1n) is 6.33. The van der Waals surface area contributed by atoms with Crippen LogP contribution in [0.2, 0.25) is 5.02 Å². The molecule has 1 atom stereocenters. The first-order chi connectivity index (χ1) is 8.90. The van der Waals surface area contributed by atoms with E-state index in [1.807, 2.05) is 43.3 Å². The number of halogens is 1. The molecular weight excluding hydrogens is 262 g/mol. The van der Waals surface area contributed by atoms with E-state index in [0.29, 0.717) is 18.1 Å². The zero-order valence-corrected chi connectivity index (χ0v) is 12.5. The van der Waals surface area contributed by atoms with Gasteiger partial charge in [-0.25, -0.2) is 0 Å². The molecule has 1 aromatic carbocycles. The Morgan fingerprint density at radius 3 is 2.58 bits per heavy atom. The van der Waals surface area contributed by atoms with Crippen LogP contribution in [0.4, 0.5) is 0 Å². The van der Waals surface area contributed by atoms with Crippen LogP contribution in [0, 0.1) is 0 Å². The summed E-state index contributed by atoms with van der Waals surface area (Å²) in [7, 11) is 3.96. The number of likely N-dealkylation sites (N-methyl/N-ethyl adjacent to an activating group) is 1. The molecule has 0 unspecified atom stereocenters. The number of amides is 1. The van der Waals surface area contributed by atoms with E-state index in [1.54, 1.807) is 11.8 Å². The fourth-order valence-electron chi connectivity index (χ4n) is 1.73. The minimum atomic E-state index is -0.485. The molecule has 1 aromatic rings. The third kappa shape index (κ3) is 5.59. The Balaban J connectivity index is 2.76. The van der Waals surface area contributed by atoms with Crippen molar-refractivity contribution in [1.29, 1.82) is 0 Å². The van der Waals surface area contributed by atoms with Crippen molar-refractivity contribution in [1.82, 2.24) is 9.80 Å². The van der Waals surface area contributed by atoms with Crippen molar-refractivity contribution in [3.63, 3.8) is 0 Å². The highest BCUT2D eigenvalue weighted by atomic mass is 35.5. The molecule has 0 saturated heterocycles. The Kier molecular flexibility index (Phi) is 6.28. The third-order valence-electron chi connectivity index (χ3n) is 2.78. The second-order valence-electron chi connectivity index (χ2n) is 4.98. The molecule has 1 rings (SSSR count). The van der Waals surface area contributed by atoms with Crippen molar-refractivity contribution in [3.8, 4) is 0 Å². The number of carbonyl (C=O) groups is 1. The normalized spacial score (nSPS) is 12.5. The Morgan fingerprint density at radius 2 is 2.05 bits per heavy atom. The van der Waals surface area contributed by atoms with Crippen LogP contribution in [-0.2, 0) is 11.3 Å². The van der Waals surface area contributed by atoms with Crippen LogP contribution < -0.4 is 5.73 Å². The monoisotopic (exact) mass is 283 g/mol. The smallest absolute Gasteiger partial charge is 0.239 e. The second kappa shape index (κ2) is 7.48. The minimum Gasteiger partial charge on any atom is -0.336 e. The fraction of sp³-hybridized carbons (Fsp3) is 0.500. The molecule has 1 amide bonds. The lowest BCUT2D eigenvalue weighted by molar-refractivity contribution is -0.133. The summed E-state index contributed by atoms with van der Waals surface area (Å²) in [6.07, 6.45) is 0. The second-order valence-corrected chi connectivity index (χ2v) is 5.42. The van der Waals surface area contributed by atoms with Crippen LogP contribution in [0.3, 0.4) is 0 Å². The number of hydrogen-bond donors (Lipinski definition) is 1. The first-order valence-corrected chi connectivity index (χ1v) is 6.71. The van der Waals surface area contributed by atoms with Gasteiger partial charge in [-0.05, 0) is 38.7 Å². The van der Waals surface area contributed by atoms with Crippen molar-refractivity contribution < 1.29 is 4.79 Å². The van der Waals surface area contributed by atoms with E-state index >= 15 is 0 Å². The van der Waals surface area contributed by atoms with Crippen molar-refractivity contribution in [2.45, 2.75) is 19.5 Å². The number of nitrogens with two attached hydrogens (primary N) is 1. The predicted octanol–water partition coefficient (Wildman–Crippen LogP) is 1.58. The van der Waals surface area contributed by atoms with E-state index < -0.39 is 6.04 Å². The number of benzene rings is 1. The molecule has 0 aliphatic carbocycles. The summed E-state index contributed by atoms with van der Waals surface area (Å²) in [4.78, 5) is 15.9. The quantitative estimate of drug-likeness (QED) is 0.862. The summed E-state index contributed by atoms with van der Waals surface area (Å²) in [6.45, 7) is 3.71. The van der Waals surface area contributed by atoms with E-state index in [4.69, 9.17) is 17.3 Å². The van der Waals surface area contributed by atoms with E-state index in [1.165, 1.54) is 0 Å². The van der Waals surface area contributed by atoms with Gasteiger partial charge in [-0.15, -0.1) is 0 Å². The topological polar surface area (TPSA) is 49.6 Å². The van der Waals surface area contributed by atoms with Crippen molar-refractivity contribution in [2.75, 3.05) is 27.2 Å². The van der Waals surface area contributed by atoms with Crippen LogP contribution in [0.25, 0.3) is 0 Å². The Bertz CT molecular complexity index is 421. The van der Waals surface area contributed by atoms with Crippen LogP contribution in [0.15, 0.2) is 24.3 Å². The molecule has 106 valence electrons. The molecule has 2 N–H and O–H groups in total. The van der Waals surface area contributed by atoms with Gasteiger partial charge >= 0.3 is 0 Å². The highest BCUT2D eigenvalue weighted by molar-refractivity contribution is 6.30. The highest BCUT2D eigenvalue weighted by Crippen LogP contribution is 2.13. The maximum atomic E-state index is 12.1. The molecule has 0 aliphatic heterocycles. The Morgan fingerprint density at radius 1 is 1.37 bits per heavy atom. The molecular formula is C14H22ClN3O. The van der Waals surface area contributed by atoms with Gasteiger partial charge in [0, 0.05) is 24.7 Å². The van der Waals surface area contributed by atoms with Crippen molar-refractivity contribution in [2.24, 2.45) is 5.73 Å². The summed E-state index contributed by atoms with van der Waals surface area (Å²) >= 11 is 5.96. The van der Waals surface area contributed by atoms with Gasteiger partial charge < -0.3 is 15.5 Å². The maximum absolute atomic E-state index is 12.1. The van der Waals surface area contributed by atoms with Gasteiger partial charge in [0.15, 0.2) is 0 Å². The van der Waals surface area contributed by atoms with Crippen LogP contribution in [0.5, 0.6) is 0 Å². The molecule has 5 heteroatoms. The number of hydrogen-bond acceptors (Lipinski definition) is 3. The zero-order valence-electron chi connectivity index (χ0n) is 11.8. The van der Waals surface area contributed by atoms with E-state index in [2.05, 4.69) is 0 Å². The highest BCUT2D eigenvalue weighted by Gasteiger charge is 2.17. The molecule has 0 fully saturated rings. The van der Waals surface area contributed by atoms with Gasteiger partial charge in [-0.3, -0.25) is 4.79 Å². The number of rotatable bonds is 6. The largest absolute Gasteiger partial charge is 0.336 e. The van der Waals surface area contributed by atoms with E-state index in [0.717, 1.165) is 12.1 Å².